The molecule has 102 valence electrons. The number of hydrogen-bond acceptors (Lipinski definition) is 5. The summed E-state index contributed by atoms with van der Waals surface area (Å²) in [4.78, 5) is 0.150. The maximum Gasteiger partial charge on any atom is 0.244 e. The molecule has 0 spiro atoms. The van der Waals surface area contributed by atoms with E-state index in [1.807, 2.05) is 6.92 Å². The van der Waals surface area contributed by atoms with Gasteiger partial charge in [0.05, 0.1) is 24.0 Å². The van der Waals surface area contributed by atoms with Gasteiger partial charge < -0.3 is 10.5 Å². The highest BCUT2D eigenvalue weighted by Crippen LogP contribution is 2.24. The Morgan fingerprint density at radius 1 is 1.67 bits per heavy atom. The quantitative estimate of drug-likeness (QED) is 0.670. The molecule has 1 saturated carbocycles. The standard InChI is InChI=1S/C10H18N4O3S/c1-3-17-8-4-7(11)10(8)14-18(15,16)9-5-12-13-6(9)2/h5,7-8,10,14H,3-4,11H2,1-2H3,(H,12,13). The zero-order valence-corrected chi connectivity index (χ0v) is 11.2. The number of ether oxygens (including phenoxy) is 1. The molecule has 4 N–H and O–H groups in total. The topological polar surface area (TPSA) is 110 Å². The van der Waals surface area contributed by atoms with E-state index in [1.54, 1.807) is 6.92 Å². The van der Waals surface area contributed by atoms with Crippen LogP contribution in [0.5, 0.6) is 0 Å². The van der Waals surface area contributed by atoms with E-state index in [-0.39, 0.29) is 23.1 Å². The Balaban J connectivity index is 2.11. The third-order valence-corrected chi connectivity index (χ3v) is 4.68. The molecule has 1 aliphatic rings. The maximum absolute atomic E-state index is 12.1. The summed E-state index contributed by atoms with van der Waals surface area (Å²) in [5.74, 6) is 0. The molecule has 3 atom stereocenters. The van der Waals surface area contributed by atoms with Gasteiger partial charge in [0.1, 0.15) is 4.90 Å². The SMILES string of the molecule is CCOC1CC(N)C1NS(=O)(=O)c1cn[nH]c1C. The minimum atomic E-state index is -3.60. The summed E-state index contributed by atoms with van der Waals surface area (Å²) in [6, 6.07) is -0.576. The fourth-order valence-electron chi connectivity index (χ4n) is 2.04. The van der Waals surface area contributed by atoms with Gasteiger partial charge in [0.2, 0.25) is 10.0 Å². The van der Waals surface area contributed by atoms with Gasteiger partial charge in [-0.15, -0.1) is 0 Å². The minimum absolute atomic E-state index is 0.146. The van der Waals surface area contributed by atoms with E-state index >= 15 is 0 Å². The molecule has 0 aliphatic heterocycles. The summed E-state index contributed by atoms with van der Waals surface area (Å²) in [5.41, 5.74) is 6.31. The van der Waals surface area contributed by atoms with E-state index < -0.39 is 10.0 Å². The molecule has 0 radical (unpaired) electrons. The Labute approximate surface area is 106 Å². The van der Waals surface area contributed by atoms with Crippen LogP contribution in [0.2, 0.25) is 0 Å². The highest BCUT2D eigenvalue weighted by molar-refractivity contribution is 7.89. The van der Waals surface area contributed by atoms with Crippen LogP contribution in [-0.2, 0) is 14.8 Å². The predicted octanol–water partition coefficient (Wildman–Crippen LogP) is -0.499. The molecule has 2 rings (SSSR count). The van der Waals surface area contributed by atoms with Gasteiger partial charge in [0.15, 0.2) is 0 Å². The van der Waals surface area contributed by atoms with Crippen LogP contribution in [0.25, 0.3) is 0 Å². The van der Waals surface area contributed by atoms with Crippen molar-refractivity contribution in [2.45, 2.75) is 43.4 Å². The Bertz CT molecular complexity index is 511. The van der Waals surface area contributed by atoms with Crippen molar-refractivity contribution in [1.82, 2.24) is 14.9 Å². The molecule has 1 aliphatic carbocycles. The molecule has 0 saturated heterocycles. The fraction of sp³-hybridized carbons (Fsp3) is 0.700. The molecule has 8 heteroatoms. The van der Waals surface area contributed by atoms with Crippen LogP contribution in [0.4, 0.5) is 0 Å². The third kappa shape index (κ3) is 2.41. The van der Waals surface area contributed by atoms with Crippen molar-refractivity contribution in [2.75, 3.05) is 6.61 Å². The molecule has 1 aromatic heterocycles. The summed E-state index contributed by atoms with van der Waals surface area (Å²) in [6.45, 7) is 4.07. The van der Waals surface area contributed by atoms with E-state index in [9.17, 15) is 8.42 Å². The van der Waals surface area contributed by atoms with E-state index in [2.05, 4.69) is 14.9 Å². The average Bonchev–Trinajstić information content (AvgIpc) is 2.73. The zero-order chi connectivity index (χ0) is 13.3. The summed E-state index contributed by atoms with van der Waals surface area (Å²) in [7, 11) is -3.60. The minimum Gasteiger partial charge on any atom is -0.377 e. The number of aryl methyl sites for hydroxylation is 1. The number of rotatable bonds is 5. The van der Waals surface area contributed by atoms with Crippen molar-refractivity contribution in [1.29, 1.82) is 0 Å². The Kier molecular flexibility index (Phi) is 3.71. The second kappa shape index (κ2) is 4.96. The highest BCUT2D eigenvalue weighted by Gasteiger charge is 2.42. The number of nitrogens with zero attached hydrogens (tertiary/aromatic N) is 1. The lowest BCUT2D eigenvalue weighted by molar-refractivity contribution is -0.0248. The number of nitrogens with two attached hydrogens (primary N) is 1. The van der Waals surface area contributed by atoms with Gasteiger partial charge in [0.25, 0.3) is 0 Å². The summed E-state index contributed by atoms with van der Waals surface area (Å²) >= 11 is 0. The predicted molar refractivity (Wildman–Crippen MR) is 65.4 cm³/mol. The van der Waals surface area contributed by atoms with Crippen molar-refractivity contribution in [3.8, 4) is 0 Å². The van der Waals surface area contributed by atoms with E-state index in [0.29, 0.717) is 18.7 Å². The van der Waals surface area contributed by atoms with Gasteiger partial charge in [-0.25, -0.2) is 13.1 Å². The largest absolute Gasteiger partial charge is 0.377 e. The first kappa shape index (κ1) is 13.5. The Hall–Kier alpha value is -0.960. The van der Waals surface area contributed by atoms with Crippen LogP contribution < -0.4 is 10.5 Å². The van der Waals surface area contributed by atoms with Crippen LogP contribution in [0.3, 0.4) is 0 Å². The van der Waals surface area contributed by atoms with Crippen LogP contribution in [-0.4, -0.2) is 43.4 Å². The van der Waals surface area contributed by atoms with Crippen LogP contribution in [0.1, 0.15) is 19.0 Å². The van der Waals surface area contributed by atoms with E-state index in [1.165, 1.54) is 6.20 Å². The van der Waals surface area contributed by atoms with E-state index in [0.717, 1.165) is 0 Å². The van der Waals surface area contributed by atoms with Crippen molar-refractivity contribution in [2.24, 2.45) is 5.73 Å². The van der Waals surface area contributed by atoms with E-state index in [4.69, 9.17) is 10.5 Å². The smallest absolute Gasteiger partial charge is 0.244 e. The summed E-state index contributed by atoms with van der Waals surface area (Å²) in [6.07, 6.45) is 1.81. The first-order chi connectivity index (χ1) is 8.45. The number of sulfonamides is 1. The summed E-state index contributed by atoms with van der Waals surface area (Å²) in [5, 5.41) is 6.31. The molecule has 18 heavy (non-hydrogen) atoms. The van der Waals surface area contributed by atoms with Gasteiger partial charge in [-0.2, -0.15) is 5.10 Å². The van der Waals surface area contributed by atoms with Crippen LogP contribution >= 0.6 is 0 Å². The lowest BCUT2D eigenvalue weighted by atomic mass is 9.84. The van der Waals surface area contributed by atoms with Crippen LogP contribution in [0.15, 0.2) is 11.1 Å². The molecule has 0 bridgehead atoms. The number of H-pyrrole nitrogens is 1. The van der Waals surface area contributed by atoms with Gasteiger partial charge in [-0.05, 0) is 20.3 Å². The van der Waals surface area contributed by atoms with Gasteiger partial charge in [-0.3, -0.25) is 5.10 Å². The number of aromatic nitrogens is 2. The van der Waals surface area contributed by atoms with Crippen molar-refractivity contribution >= 4 is 10.0 Å². The first-order valence-electron chi connectivity index (χ1n) is 5.85. The second-order valence-corrected chi connectivity index (χ2v) is 6.08. The lowest BCUT2D eigenvalue weighted by Gasteiger charge is -2.42. The van der Waals surface area contributed by atoms with Gasteiger partial charge >= 0.3 is 0 Å². The molecule has 0 amide bonds. The fourth-order valence-corrected chi connectivity index (χ4v) is 3.50. The van der Waals surface area contributed by atoms with Crippen molar-refractivity contribution in [3.63, 3.8) is 0 Å². The third-order valence-electron chi connectivity index (χ3n) is 3.11. The van der Waals surface area contributed by atoms with Gasteiger partial charge in [0, 0.05) is 12.6 Å². The lowest BCUT2D eigenvalue weighted by Crippen LogP contribution is -2.64. The highest BCUT2D eigenvalue weighted by atomic mass is 32.2. The monoisotopic (exact) mass is 274 g/mol. The molecule has 1 heterocycles. The molecule has 3 unspecified atom stereocenters. The molecule has 0 aromatic carbocycles. The average molecular weight is 274 g/mol. The number of aromatic amines is 1. The molecular formula is C10H18N4O3S. The van der Waals surface area contributed by atoms with Crippen molar-refractivity contribution in [3.05, 3.63) is 11.9 Å². The second-order valence-electron chi connectivity index (χ2n) is 4.40. The van der Waals surface area contributed by atoms with Gasteiger partial charge in [-0.1, -0.05) is 0 Å². The zero-order valence-electron chi connectivity index (χ0n) is 10.4. The maximum atomic E-state index is 12.1. The molecule has 1 fully saturated rings. The Morgan fingerprint density at radius 3 is 2.89 bits per heavy atom. The molecular weight excluding hydrogens is 256 g/mol. The molecule has 7 nitrogen and oxygen atoms in total. The normalized spacial score (nSPS) is 28.1. The Morgan fingerprint density at radius 2 is 2.39 bits per heavy atom. The first-order valence-corrected chi connectivity index (χ1v) is 7.33. The number of nitrogens with one attached hydrogen (secondary N) is 2. The molecule has 1 aromatic rings. The van der Waals surface area contributed by atoms with Crippen LogP contribution in [0, 0.1) is 6.92 Å². The van der Waals surface area contributed by atoms with Crippen molar-refractivity contribution < 1.29 is 13.2 Å². The number of hydrogen-bond donors (Lipinski definition) is 3. The summed E-state index contributed by atoms with van der Waals surface area (Å²) < 4.78 is 32.3.